The first-order valence-electron chi connectivity index (χ1n) is 10.8. The van der Waals surface area contributed by atoms with Crippen LogP contribution in [0.25, 0.3) is 21.1 Å². The normalized spacial score (nSPS) is 11.4. The van der Waals surface area contributed by atoms with Crippen LogP contribution in [0, 0.1) is 0 Å². The number of anilines is 1. The third-order valence-corrected chi connectivity index (χ3v) is 6.29. The molecular weight excluding hydrogens is 432 g/mol. The van der Waals surface area contributed by atoms with Crippen molar-refractivity contribution >= 4 is 43.8 Å². The van der Waals surface area contributed by atoms with Crippen LogP contribution < -0.4 is 14.9 Å². The minimum Gasteiger partial charge on any atom is -0.493 e. The van der Waals surface area contributed by atoms with Gasteiger partial charge in [-0.15, -0.1) is 0 Å². The summed E-state index contributed by atoms with van der Waals surface area (Å²) < 4.78 is 14.7. The van der Waals surface area contributed by atoms with E-state index < -0.39 is 0 Å². The molecule has 0 fully saturated rings. The van der Waals surface area contributed by atoms with Crippen molar-refractivity contribution < 1.29 is 9.47 Å². The fourth-order valence-corrected chi connectivity index (χ4v) is 4.61. The lowest BCUT2D eigenvalue weighted by Crippen LogP contribution is -2.04. The summed E-state index contributed by atoms with van der Waals surface area (Å²) in [5, 5.41) is 6.39. The zero-order valence-electron chi connectivity index (χ0n) is 18.3. The number of hydrogen-bond acceptors (Lipinski definition) is 6. The highest BCUT2D eigenvalue weighted by Gasteiger charge is 2.08. The van der Waals surface area contributed by atoms with Gasteiger partial charge in [-0.25, -0.2) is 4.98 Å². The molecule has 7 heteroatoms. The lowest BCUT2D eigenvalue weighted by atomic mass is 10.2. The van der Waals surface area contributed by atoms with Crippen LogP contribution in [-0.4, -0.2) is 29.5 Å². The lowest BCUT2D eigenvalue weighted by Gasteiger charge is -2.10. The maximum Gasteiger partial charge on any atom is 0.204 e. The highest BCUT2D eigenvalue weighted by atomic mass is 32.1. The van der Waals surface area contributed by atoms with Crippen LogP contribution in [0.15, 0.2) is 84.1 Å². The SMILES string of the molecule is COc1ccccc1OCCCn1cc(C=NNc2nc3ccccc3s2)c2ccccc21. The number of para-hydroxylation sites is 4. The standard InChI is InChI=1S/C26H24N4O2S/c1-31-23-12-5-6-13-24(23)32-16-8-15-30-18-19(20-9-2-4-11-22(20)30)17-27-29-26-28-21-10-3-7-14-25(21)33-26/h2-7,9-14,17-18H,8,15-16H2,1H3,(H,28,29). The Balaban J connectivity index is 1.26. The maximum absolute atomic E-state index is 5.93. The lowest BCUT2D eigenvalue weighted by molar-refractivity contribution is 0.283. The van der Waals surface area contributed by atoms with Crippen molar-refractivity contribution in [3.63, 3.8) is 0 Å². The third kappa shape index (κ3) is 4.68. The molecule has 0 atom stereocenters. The Hall–Kier alpha value is -3.84. The molecule has 5 rings (SSSR count). The van der Waals surface area contributed by atoms with Gasteiger partial charge in [-0.3, -0.25) is 5.43 Å². The van der Waals surface area contributed by atoms with Gasteiger partial charge in [0.2, 0.25) is 5.13 Å². The van der Waals surface area contributed by atoms with Crippen LogP contribution in [0.5, 0.6) is 11.5 Å². The van der Waals surface area contributed by atoms with Gasteiger partial charge in [-0.2, -0.15) is 5.10 Å². The number of rotatable bonds is 9. The predicted octanol–water partition coefficient (Wildman–Crippen LogP) is 6.17. The highest BCUT2D eigenvalue weighted by Crippen LogP contribution is 2.27. The Bertz CT molecular complexity index is 1370. The van der Waals surface area contributed by atoms with Crippen LogP contribution in [0.2, 0.25) is 0 Å². The average molecular weight is 457 g/mol. The van der Waals surface area contributed by atoms with Crippen molar-refractivity contribution in [2.75, 3.05) is 19.1 Å². The molecule has 3 aromatic carbocycles. The number of hydrogen-bond donors (Lipinski definition) is 1. The number of fused-ring (bicyclic) bond motifs is 2. The summed E-state index contributed by atoms with van der Waals surface area (Å²) in [5.74, 6) is 1.52. The molecule has 0 radical (unpaired) electrons. The Labute approximate surface area is 196 Å². The van der Waals surface area contributed by atoms with E-state index in [1.165, 1.54) is 5.52 Å². The van der Waals surface area contributed by atoms with E-state index in [1.807, 2.05) is 48.7 Å². The Morgan fingerprint density at radius 1 is 1.00 bits per heavy atom. The van der Waals surface area contributed by atoms with Crippen LogP contribution in [0.1, 0.15) is 12.0 Å². The fraction of sp³-hybridized carbons (Fsp3) is 0.154. The van der Waals surface area contributed by atoms with E-state index in [4.69, 9.17) is 9.47 Å². The second-order valence-electron chi connectivity index (χ2n) is 7.50. The zero-order chi connectivity index (χ0) is 22.5. The number of benzene rings is 3. The van der Waals surface area contributed by atoms with Gasteiger partial charge in [0.25, 0.3) is 0 Å². The Morgan fingerprint density at radius 2 is 1.79 bits per heavy atom. The molecule has 0 saturated carbocycles. The highest BCUT2D eigenvalue weighted by molar-refractivity contribution is 7.22. The van der Waals surface area contributed by atoms with E-state index >= 15 is 0 Å². The summed E-state index contributed by atoms with van der Waals surface area (Å²) in [4.78, 5) is 4.56. The third-order valence-electron chi connectivity index (χ3n) is 5.35. The van der Waals surface area contributed by atoms with Crippen LogP contribution >= 0.6 is 11.3 Å². The van der Waals surface area contributed by atoms with Crippen molar-refractivity contribution in [3.8, 4) is 11.5 Å². The number of aryl methyl sites for hydroxylation is 1. The first-order valence-corrected chi connectivity index (χ1v) is 11.6. The number of thiazole rings is 1. The van der Waals surface area contributed by atoms with E-state index in [9.17, 15) is 0 Å². The summed E-state index contributed by atoms with van der Waals surface area (Å²) in [6.07, 6.45) is 4.87. The Kier molecular flexibility index (Phi) is 6.21. The minimum absolute atomic E-state index is 0.607. The largest absolute Gasteiger partial charge is 0.493 e. The molecule has 0 aliphatic carbocycles. The van der Waals surface area contributed by atoms with Gasteiger partial charge < -0.3 is 14.0 Å². The molecule has 1 N–H and O–H groups in total. The molecule has 2 heterocycles. The van der Waals surface area contributed by atoms with Gasteiger partial charge in [0.05, 0.1) is 30.1 Å². The fourth-order valence-electron chi connectivity index (χ4n) is 3.80. The summed E-state index contributed by atoms with van der Waals surface area (Å²) in [7, 11) is 1.66. The molecule has 0 bridgehead atoms. The predicted molar refractivity (Wildman–Crippen MR) is 136 cm³/mol. The smallest absolute Gasteiger partial charge is 0.204 e. The molecule has 0 aliphatic heterocycles. The first-order chi connectivity index (χ1) is 16.3. The number of aromatic nitrogens is 2. The van der Waals surface area contributed by atoms with Crippen molar-refractivity contribution in [3.05, 3.63) is 84.6 Å². The van der Waals surface area contributed by atoms with Crippen molar-refractivity contribution in [1.29, 1.82) is 0 Å². The summed E-state index contributed by atoms with van der Waals surface area (Å²) in [5.41, 5.74) is 6.29. The van der Waals surface area contributed by atoms with E-state index in [0.717, 1.165) is 50.8 Å². The van der Waals surface area contributed by atoms with Gasteiger partial charge in [0.1, 0.15) is 0 Å². The quantitative estimate of drug-likeness (QED) is 0.164. The molecule has 33 heavy (non-hydrogen) atoms. The van der Waals surface area contributed by atoms with Crippen LogP contribution in [0.4, 0.5) is 5.13 Å². The van der Waals surface area contributed by atoms with Crippen molar-refractivity contribution in [1.82, 2.24) is 9.55 Å². The molecule has 166 valence electrons. The summed E-state index contributed by atoms with van der Waals surface area (Å²) in [6.45, 7) is 1.45. The molecule has 0 aliphatic rings. The number of ether oxygens (including phenoxy) is 2. The minimum atomic E-state index is 0.607. The van der Waals surface area contributed by atoms with E-state index in [2.05, 4.69) is 56.6 Å². The van der Waals surface area contributed by atoms with E-state index in [1.54, 1.807) is 18.4 Å². The molecule has 0 amide bonds. The number of methoxy groups -OCH3 is 1. The van der Waals surface area contributed by atoms with Crippen LogP contribution in [-0.2, 0) is 6.54 Å². The monoisotopic (exact) mass is 456 g/mol. The van der Waals surface area contributed by atoms with Crippen LogP contribution in [0.3, 0.4) is 0 Å². The second kappa shape index (κ2) is 9.75. The number of nitrogens with one attached hydrogen (secondary N) is 1. The Morgan fingerprint density at radius 3 is 2.67 bits per heavy atom. The van der Waals surface area contributed by atoms with E-state index in [-0.39, 0.29) is 0 Å². The van der Waals surface area contributed by atoms with Crippen molar-refractivity contribution in [2.24, 2.45) is 5.10 Å². The summed E-state index contributed by atoms with van der Waals surface area (Å²) >= 11 is 1.59. The molecule has 6 nitrogen and oxygen atoms in total. The van der Waals surface area contributed by atoms with Gasteiger partial charge in [0, 0.05) is 29.2 Å². The molecule has 2 aromatic heterocycles. The van der Waals surface area contributed by atoms with Gasteiger partial charge >= 0.3 is 0 Å². The van der Waals surface area contributed by atoms with E-state index in [0.29, 0.717) is 6.61 Å². The zero-order valence-corrected chi connectivity index (χ0v) is 19.1. The number of hydrazone groups is 1. The van der Waals surface area contributed by atoms with Crippen molar-refractivity contribution in [2.45, 2.75) is 13.0 Å². The van der Waals surface area contributed by atoms with Gasteiger partial charge in [-0.05, 0) is 36.8 Å². The average Bonchev–Trinajstić information content (AvgIpc) is 3.43. The van der Waals surface area contributed by atoms with Gasteiger partial charge in [0.15, 0.2) is 11.5 Å². The second-order valence-corrected chi connectivity index (χ2v) is 8.54. The first kappa shape index (κ1) is 21.0. The molecule has 0 spiro atoms. The maximum atomic E-state index is 5.93. The molecule has 0 unspecified atom stereocenters. The molecule has 5 aromatic rings. The molecule has 0 saturated heterocycles. The summed E-state index contributed by atoms with van der Waals surface area (Å²) in [6, 6.07) is 24.2. The van der Waals surface area contributed by atoms with Gasteiger partial charge in [-0.1, -0.05) is 53.8 Å². The number of nitrogens with zero attached hydrogens (tertiary/aromatic N) is 3. The topological polar surface area (TPSA) is 60.7 Å². The molecular formula is C26H24N4O2S.